The molecule has 0 saturated carbocycles. The first kappa shape index (κ1) is 53.5. The van der Waals surface area contributed by atoms with Gasteiger partial charge in [-0.25, -0.2) is 0 Å². The maximum Gasteiger partial charge on any atom is 0.218 e. The van der Waals surface area contributed by atoms with E-state index in [0.717, 1.165) is 62.6 Å². The molecule has 55 heavy (non-hydrogen) atoms. The van der Waals surface area contributed by atoms with Gasteiger partial charge in [-0.1, -0.05) is 102 Å². The molecule has 0 aliphatic rings. The van der Waals surface area contributed by atoms with Crippen LogP contribution in [0.15, 0.2) is 79.6 Å². The Kier molecular flexibility index (Phi) is 26.4. The average molecular weight is 802 g/mol. The molecule has 4 rings (SSSR count). The molecule has 3 heterocycles. The SMILES string of the molecule is C=COC(C)(C)C.CC.CC.CC(C)C.CO.C\C=C/C=C\C=C\COCc1cc2c(s1)c(-c1cc3ccc(OS(C)(C)C(C)(C)C)cc3n1C=O)nn2C. The van der Waals surface area contributed by atoms with Crippen LogP contribution in [0.2, 0.25) is 0 Å². The minimum absolute atomic E-state index is 0.0273. The van der Waals surface area contributed by atoms with Crippen LogP contribution in [0.3, 0.4) is 0 Å². The number of carbonyl (C=O) groups is 1. The Labute approximate surface area is 340 Å². The molecular formula is C45H75N3O5S2. The molecule has 0 fully saturated rings. The van der Waals surface area contributed by atoms with E-state index in [4.69, 9.17) is 23.9 Å². The number of aliphatic hydroxyl groups is 1. The van der Waals surface area contributed by atoms with Gasteiger partial charge in [0, 0.05) is 35.2 Å². The van der Waals surface area contributed by atoms with Gasteiger partial charge in [0.1, 0.15) is 11.4 Å². The third-order valence-corrected chi connectivity index (χ3v) is 11.7. The van der Waals surface area contributed by atoms with E-state index in [1.54, 1.807) is 15.9 Å². The molecule has 1 aromatic carbocycles. The van der Waals surface area contributed by atoms with Crippen molar-refractivity contribution in [3.05, 3.63) is 84.5 Å². The van der Waals surface area contributed by atoms with Gasteiger partial charge >= 0.3 is 0 Å². The number of fused-ring (bicyclic) bond motifs is 2. The summed E-state index contributed by atoms with van der Waals surface area (Å²) < 4.78 is 21.9. The zero-order valence-electron chi connectivity index (χ0n) is 37.4. The average Bonchev–Trinajstić information content (AvgIpc) is 3.79. The Bertz CT molecular complexity index is 1740. The van der Waals surface area contributed by atoms with Crippen LogP contribution in [0.4, 0.5) is 0 Å². The fraction of sp³-hybridized carbons (Fsp3) is 0.511. The van der Waals surface area contributed by atoms with Crippen LogP contribution >= 0.6 is 21.6 Å². The Hall–Kier alpha value is -3.57. The van der Waals surface area contributed by atoms with Crippen molar-refractivity contribution in [1.29, 1.82) is 0 Å². The molecule has 0 spiro atoms. The van der Waals surface area contributed by atoms with Gasteiger partial charge in [-0.3, -0.25) is 14.0 Å². The lowest BCUT2D eigenvalue weighted by atomic mass is 10.2. The summed E-state index contributed by atoms with van der Waals surface area (Å²) in [6.07, 6.45) is 18.6. The number of hydrogen-bond donors (Lipinski definition) is 1. The highest BCUT2D eigenvalue weighted by Crippen LogP contribution is 2.53. The standard InChI is InChI=1S/C30H37N3O3S2.C6H12O.C4H10.2C2H6.CH4O/c1-8-9-10-11-12-13-16-35-20-24-19-27-29(37-24)28(31-32(27)5)26-17-22-14-15-23(18-25(22)33(26)21-34)36-38(6,7)30(2,3)4;1-5-7-6(2,3)4;1-4(2)3;3*1-2/h8-15,17-19,21H,16,20H2,1-7H3;5H,1H2,2-4H3;4H,1-3H3;2*1-2H3;2H,1H3/b9-8-,11-10-,13-12+;;;;;. The van der Waals surface area contributed by atoms with Crippen LogP contribution in [0, 0.1) is 5.92 Å². The van der Waals surface area contributed by atoms with Gasteiger partial charge in [0.25, 0.3) is 0 Å². The van der Waals surface area contributed by atoms with Crippen LogP contribution < -0.4 is 4.18 Å². The molecule has 3 aromatic heterocycles. The van der Waals surface area contributed by atoms with Crippen molar-refractivity contribution in [2.75, 3.05) is 26.2 Å². The Balaban J connectivity index is 0. The van der Waals surface area contributed by atoms with Crippen molar-refractivity contribution in [3.63, 3.8) is 0 Å². The summed E-state index contributed by atoms with van der Waals surface area (Å²) in [6.45, 7) is 33.5. The maximum absolute atomic E-state index is 12.3. The molecule has 0 saturated heterocycles. The van der Waals surface area contributed by atoms with Crippen LogP contribution in [0.5, 0.6) is 5.75 Å². The number of thiophene rings is 1. The summed E-state index contributed by atoms with van der Waals surface area (Å²) in [7, 11) is 1.57. The van der Waals surface area contributed by atoms with Crippen molar-refractivity contribution in [1.82, 2.24) is 14.3 Å². The number of rotatable bonds is 11. The summed E-state index contributed by atoms with van der Waals surface area (Å²) in [5, 5.41) is 12.7. The first-order valence-electron chi connectivity index (χ1n) is 19.1. The molecule has 0 aliphatic carbocycles. The maximum atomic E-state index is 12.3. The second-order valence-electron chi connectivity index (χ2n) is 14.5. The molecule has 312 valence electrons. The molecular weight excluding hydrogens is 727 g/mol. The molecule has 0 bridgehead atoms. The van der Waals surface area contributed by atoms with Gasteiger partial charge in [-0.2, -0.15) is 5.10 Å². The van der Waals surface area contributed by atoms with E-state index in [0.29, 0.717) is 13.2 Å². The summed E-state index contributed by atoms with van der Waals surface area (Å²) in [6, 6.07) is 10.1. The number of allylic oxidation sites excluding steroid dienone is 5. The third kappa shape index (κ3) is 18.7. The van der Waals surface area contributed by atoms with E-state index in [1.807, 2.05) is 128 Å². The van der Waals surface area contributed by atoms with Gasteiger partial charge in [-0.05, 0) is 91.2 Å². The summed E-state index contributed by atoms with van der Waals surface area (Å²) in [4.78, 5) is 13.4. The predicted octanol–water partition coefficient (Wildman–Crippen LogP) is 12.9. The van der Waals surface area contributed by atoms with Crippen molar-refractivity contribution in [2.24, 2.45) is 13.0 Å². The minimum Gasteiger partial charge on any atom is -0.496 e. The Morgan fingerprint density at radius 2 is 1.51 bits per heavy atom. The molecule has 0 unspecified atom stereocenters. The normalized spacial score (nSPS) is 11.8. The van der Waals surface area contributed by atoms with Crippen molar-refractivity contribution in [2.45, 2.75) is 114 Å². The molecule has 0 amide bonds. The highest BCUT2D eigenvalue weighted by molar-refractivity contribution is 8.30. The van der Waals surface area contributed by atoms with E-state index >= 15 is 0 Å². The molecule has 0 radical (unpaired) electrons. The van der Waals surface area contributed by atoms with E-state index in [1.165, 1.54) is 6.26 Å². The molecule has 4 aromatic rings. The van der Waals surface area contributed by atoms with Crippen molar-refractivity contribution < 1.29 is 23.6 Å². The zero-order chi connectivity index (χ0) is 43.0. The quantitative estimate of drug-likeness (QED) is 0.0703. The summed E-state index contributed by atoms with van der Waals surface area (Å²) in [5.41, 5.74) is 3.33. The van der Waals surface area contributed by atoms with Gasteiger partial charge < -0.3 is 18.8 Å². The molecule has 10 heteroatoms. The molecule has 1 N–H and O–H groups in total. The zero-order valence-corrected chi connectivity index (χ0v) is 39.1. The lowest BCUT2D eigenvalue weighted by Gasteiger charge is -2.43. The highest BCUT2D eigenvalue weighted by Gasteiger charge is 2.30. The summed E-state index contributed by atoms with van der Waals surface area (Å²) in [5.74, 6) is 1.60. The molecule has 0 aliphatic heterocycles. The first-order chi connectivity index (χ1) is 25.8. The number of aromatic nitrogens is 3. The first-order valence-corrected chi connectivity index (χ1v) is 22.3. The van der Waals surface area contributed by atoms with Crippen molar-refractivity contribution in [3.8, 4) is 17.1 Å². The van der Waals surface area contributed by atoms with Gasteiger partial charge in [0.05, 0.1) is 46.5 Å². The van der Waals surface area contributed by atoms with Crippen LogP contribution in [-0.4, -0.2) is 62.4 Å². The number of nitrogens with zero attached hydrogens (tertiary/aromatic N) is 3. The predicted molar refractivity (Wildman–Crippen MR) is 247 cm³/mol. The minimum atomic E-state index is -1.36. The molecule has 8 nitrogen and oxygen atoms in total. The lowest BCUT2D eigenvalue weighted by Crippen LogP contribution is -2.27. The van der Waals surface area contributed by atoms with E-state index < -0.39 is 10.3 Å². The van der Waals surface area contributed by atoms with Gasteiger partial charge in [0.15, 0.2) is 0 Å². The smallest absolute Gasteiger partial charge is 0.218 e. The van der Waals surface area contributed by atoms with E-state index in [9.17, 15) is 4.79 Å². The number of ether oxygens (including phenoxy) is 2. The fourth-order valence-corrected chi connectivity index (χ4v) is 6.04. The largest absolute Gasteiger partial charge is 0.496 e. The second-order valence-corrected chi connectivity index (χ2v) is 19.5. The van der Waals surface area contributed by atoms with Crippen LogP contribution in [0.1, 0.15) is 102 Å². The summed E-state index contributed by atoms with van der Waals surface area (Å²) >= 11 is 1.65. The van der Waals surface area contributed by atoms with Gasteiger partial charge in [0.2, 0.25) is 6.41 Å². The number of carbonyl (C=O) groups excluding carboxylic acids is 1. The topological polar surface area (TPSA) is 87.7 Å². The fourth-order valence-electron chi connectivity index (χ4n) is 4.09. The number of aryl methyl sites for hydroxylation is 1. The number of aliphatic hydroxyl groups excluding tert-OH is 1. The van der Waals surface area contributed by atoms with Crippen LogP contribution in [-0.2, 0) is 27.9 Å². The Morgan fingerprint density at radius 1 is 0.927 bits per heavy atom. The van der Waals surface area contributed by atoms with Crippen molar-refractivity contribution >= 4 is 49.2 Å². The van der Waals surface area contributed by atoms with Gasteiger partial charge in [-0.15, -0.1) is 11.3 Å². The van der Waals surface area contributed by atoms with E-state index in [2.05, 4.69) is 66.7 Å². The molecule has 0 atom stereocenters. The third-order valence-electron chi connectivity index (χ3n) is 7.07. The Morgan fingerprint density at radius 3 is 2.00 bits per heavy atom. The van der Waals surface area contributed by atoms with Crippen LogP contribution in [0.25, 0.3) is 32.5 Å². The second kappa shape index (κ2) is 27.1. The lowest BCUT2D eigenvalue weighted by molar-refractivity contribution is 0.0775. The highest BCUT2D eigenvalue weighted by atomic mass is 32.3. The monoisotopic (exact) mass is 802 g/mol. The number of hydrogen-bond acceptors (Lipinski definition) is 7. The van der Waals surface area contributed by atoms with E-state index in [-0.39, 0.29) is 10.3 Å². The number of benzene rings is 1.